The second kappa shape index (κ2) is 7.12. The number of aromatic nitrogens is 2. The fraction of sp³-hybridized carbons (Fsp3) is 0.278. The fourth-order valence-electron chi connectivity index (χ4n) is 2.83. The summed E-state index contributed by atoms with van der Waals surface area (Å²) in [6, 6.07) is 9.70. The van der Waals surface area contributed by atoms with E-state index in [0.29, 0.717) is 18.0 Å². The molecular weight excluding hydrogens is 306 g/mol. The Morgan fingerprint density at radius 3 is 2.92 bits per heavy atom. The molecular formula is C18H19N3O3. The molecule has 6 heteroatoms. The first-order chi connectivity index (χ1) is 11.6. The van der Waals surface area contributed by atoms with Gasteiger partial charge in [0.2, 0.25) is 5.91 Å². The third-order valence-electron chi connectivity index (χ3n) is 4.00. The van der Waals surface area contributed by atoms with E-state index < -0.39 is 0 Å². The topological polar surface area (TPSA) is 84.0 Å². The van der Waals surface area contributed by atoms with Crippen LogP contribution in [0.1, 0.15) is 24.8 Å². The molecule has 1 atom stereocenters. The summed E-state index contributed by atoms with van der Waals surface area (Å²) in [5.74, 6) is 0.301. The van der Waals surface area contributed by atoms with Gasteiger partial charge in [0.1, 0.15) is 0 Å². The molecule has 1 aliphatic carbocycles. The number of nitrogens with one attached hydrogen (secondary N) is 2. The standard InChI is InChI=1S/C18H19N3O3/c22-16-8-9-18(24)21(20-16)12-14-6-3-7-15(10-14)19-17(23)11-13-4-1-2-5-13/h1,3-4,6-10,13H,2,5,11-12H2,(H,19,23)(H,20,22). The van der Waals surface area contributed by atoms with Crippen LogP contribution in [0.3, 0.4) is 0 Å². The Balaban J connectivity index is 1.68. The first kappa shape index (κ1) is 16.0. The highest BCUT2D eigenvalue weighted by Gasteiger charge is 2.14. The molecule has 0 saturated carbocycles. The van der Waals surface area contributed by atoms with Crippen molar-refractivity contribution in [1.29, 1.82) is 0 Å². The lowest BCUT2D eigenvalue weighted by Crippen LogP contribution is -2.28. The number of hydrogen-bond donors (Lipinski definition) is 2. The van der Waals surface area contributed by atoms with Gasteiger partial charge in [0, 0.05) is 24.2 Å². The van der Waals surface area contributed by atoms with E-state index in [1.54, 1.807) is 6.07 Å². The summed E-state index contributed by atoms with van der Waals surface area (Å²) in [4.78, 5) is 35.2. The highest BCUT2D eigenvalue weighted by Crippen LogP contribution is 2.21. The Morgan fingerprint density at radius 2 is 2.12 bits per heavy atom. The number of anilines is 1. The van der Waals surface area contributed by atoms with Crippen LogP contribution in [0.25, 0.3) is 0 Å². The first-order valence-corrected chi connectivity index (χ1v) is 7.96. The molecule has 1 amide bonds. The second-order valence-electron chi connectivity index (χ2n) is 5.95. The van der Waals surface area contributed by atoms with Crippen LogP contribution in [0.15, 0.2) is 58.1 Å². The average molecular weight is 325 g/mol. The molecule has 1 aromatic carbocycles. The van der Waals surface area contributed by atoms with Crippen LogP contribution in [0.4, 0.5) is 5.69 Å². The SMILES string of the molecule is O=C(CC1C=CCC1)Nc1cccc(Cn2[nH]c(=O)ccc2=O)c1. The van der Waals surface area contributed by atoms with Crippen LogP contribution in [0.5, 0.6) is 0 Å². The van der Waals surface area contributed by atoms with Crippen molar-refractivity contribution in [2.24, 2.45) is 5.92 Å². The number of allylic oxidation sites excluding steroid dienone is 2. The van der Waals surface area contributed by atoms with E-state index in [1.165, 1.54) is 16.8 Å². The van der Waals surface area contributed by atoms with E-state index in [0.717, 1.165) is 18.4 Å². The largest absolute Gasteiger partial charge is 0.326 e. The minimum absolute atomic E-state index is 0.0195. The van der Waals surface area contributed by atoms with Crippen LogP contribution in [0, 0.1) is 5.92 Å². The van der Waals surface area contributed by atoms with Crippen molar-refractivity contribution >= 4 is 11.6 Å². The zero-order chi connectivity index (χ0) is 16.9. The molecule has 0 bridgehead atoms. The second-order valence-corrected chi connectivity index (χ2v) is 5.95. The van der Waals surface area contributed by atoms with Crippen molar-refractivity contribution in [3.05, 3.63) is 74.8 Å². The Morgan fingerprint density at radius 1 is 1.25 bits per heavy atom. The number of aromatic amines is 1. The molecule has 3 rings (SSSR count). The summed E-state index contributed by atoms with van der Waals surface area (Å²) < 4.78 is 1.24. The highest BCUT2D eigenvalue weighted by atomic mass is 16.2. The van der Waals surface area contributed by atoms with Gasteiger partial charge in [0.15, 0.2) is 0 Å². The predicted molar refractivity (Wildman–Crippen MR) is 92.0 cm³/mol. The van der Waals surface area contributed by atoms with Gasteiger partial charge in [-0.15, -0.1) is 0 Å². The molecule has 124 valence electrons. The third-order valence-corrected chi connectivity index (χ3v) is 4.00. The molecule has 24 heavy (non-hydrogen) atoms. The summed E-state index contributed by atoms with van der Waals surface area (Å²) in [6.07, 6.45) is 6.74. The van der Waals surface area contributed by atoms with E-state index in [-0.39, 0.29) is 23.6 Å². The monoisotopic (exact) mass is 325 g/mol. The van der Waals surface area contributed by atoms with Gasteiger partial charge in [-0.1, -0.05) is 24.3 Å². The van der Waals surface area contributed by atoms with Crippen molar-refractivity contribution in [2.45, 2.75) is 25.8 Å². The van der Waals surface area contributed by atoms with Crippen LogP contribution < -0.4 is 16.4 Å². The Bertz CT molecular complexity index is 879. The molecule has 1 aromatic heterocycles. The number of benzene rings is 1. The van der Waals surface area contributed by atoms with Gasteiger partial charge in [0.25, 0.3) is 11.1 Å². The van der Waals surface area contributed by atoms with Gasteiger partial charge in [-0.2, -0.15) is 0 Å². The quantitative estimate of drug-likeness (QED) is 0.823. The molecule has 1 heterocycles. The smallest absolute Gasteiger partial charge is 0.265 e. The molecule has 0 fully saturated rings. The Kier molecular flexibility index (Phi) is 4.74. The molecule has 2 N–H and O–H groups in total. The number of amides is 1. The zero-order valence-electron chi connectivity index (χ0n) is 13.2. The number of nitrogens with zero attached hydrogens (tertiary/aromatic N) is 1. The summed E-state index contributed by atoms with van der Waals surface area (Å²) in [5.41, 5.74) is 0.893. The maximum absolute atomic E-state index is 12.1. The van der Waals surface area contributed by atoms with Crippen molar-refractivity contribution in [3.8, 4) is 0 Å². The van der Waals surface area contributed by atoms with Crippen LogP contribution >= 0.6 is 0 Å². The highest BCUT2D eigenvalue weighted by molar-refractivity contribution is 5.91. The van der Waals surface area contributed by atoms with Crippen molar-refractivity contribution < 1.29 is 4.79 Å². The number of carbonyl (C=O) groups is 1. The van der Waals surface area contributed by atoms with Gasteiger partial charge in [0.05, 0.1) is 6.54 Å². The zero-order valence-corrected chi connectivity index (χ0v) is 13.2. The van der Waals surface area contributed by atoms with Gasteiger partial charge in [-0.25, -0.2) is 4.68 Å². The Hall–Kier alpha value is -2.89. The van der Waals surface area contributed by atoms with E-state index >= 15 is 0 Å². The van der Waals surface area contributed by atoms with E-state index in [1.807, 2.05) is 18.2 Å². The minimum Gasteiger partial charge on any atom is -0.326 e. The van der Waals surface area contributed by atoms with Gasteiger partial charge in [-0.3, -0.25) is 19.5 Å². The van der Waals surface area contributed by atoms with Gasteiger partial charge >= 0.3 is 0 Å². The van der Waals surface area contributed by atoms with E-state index in [9.17, 15) is 14.4 Å². The number of H-pyrrole nitrogens is 1. The molecule has 0 radical (unpaired) electrons. The average Bonchev–Trinajstić information content (AvgIpc) is 3.04. The predicted octanol–water partition coefficient (Wildman–Crippen LogP) is 1.88. The van der Waals surface area contributed by atoms with Crippen molar-refractivity contribution in [3.63, 3.8) is 0 Å². The van der Waals surface area contributed by atoms with Crippen molar-refractivity contribution in [2.75, 3.05) is 5.32 Å². The summed E-state index contributed by atoms with van der Waals surface area (Å²) in [7, 11) is 0. The summed E-state index contributed by atoms with van der Waals surface area (Å²) in [5, 5.41) is 5.38. The number of hydrogen-bond acceptors (Lipinski definition) is 3. The number of rotatable bonds is 5. The third kappa shape index (κ3) is 4.10. The fourth-order valence-corrected chi connectivity index (χ4v) is 2.83. The van der Waals surface area contributed by atoms with Crippen LogP contribution in [0.2, 0.25) is 0 Å². The summed E-state index contributed by atoms with van der Waals surface area (Å²) >= 11 is 0. The lowest BCUT2D eigenvalue weighted by molar-refractivity contribution is -0.116. The molecule has 1 unspecified atom stereocenters. The summed E-state index contributed by atoms with van der Waals surface area (Å²) in [6.45, 7) is 0.240. The van der Waals surface area contributed by atoms with Crippen LogP contribution in [-0.2, 0) is 11.3 Å². The normalized spacial score (nSPS) is 16.2. The molecule has 1 aliphatic rings. The molecule has 2 aromatic rings. The first-order valence-electron chi connectivity index (χ1n) is 7.96. The molecule has 0 spiro atoms. The van der Waals surface area contributed by atoms with Gasteiger partial charge < -0.3 is 5.32 Å². The van der Waals surface area contributed by atoms with Crippen LogP contribution in [-0.4, -0.2) is 15.7 Å². The molecule has 0 aliphatic heterocycles. The maximum atomic E-state index is 12.1. The minimum atomic E-state index is -0.330. The van der Waals surface area contributed by atoms with Gasteiger partial charge in [-0.05, 0) is 36.5 Å². The Labute approximate surface area is 138 Å². The molecule has 6 nitrogen and oxygen atoms in total. The molecule has 0 saturated heterocycles. The van der Waals surface area contributed by atoms with Crippen molar-refractivity contribution in [1.82, 2.24) is 9.78 Å². The van der Waals surface area contributed by atoms with E-state index in [4.69, 9.17) is 0 Å². The lowest BCUT2D eigenvalue weighted by atomic mass is 10.0. The number of carbonyl (C=O) groups excluding carboxylic acids is 1. The van der Waals surface area contributed by atoms with E-state index in [2.05, 4.69) is 22.6 Å². The lowest BCUT2D eigenvalue weighted by Gasteiger charge is -2.10. The maximum Gasteiger partial charge on any atom is 0.265 e.